The summed E-state index contributed by atoms with van der Waals surface area (Å²) in [7, 11) is 0. The number of carbonyl (C=O) groups excluding carboxylic acids is 1. The minimum Gasteiger partial charge on any atom is -0.292 e. The Morgan fingerprint density at radius 3 is 2.57 bits per heavy atom. The highest BCUT2D eigenvalue weighted by Gasteiger charge is 2.11. The van der Waals surface area contributed by atoms with Gasteiger partial charge in [-0.1, -0.05) is 41.9 Å². The molecule has 0 amide bonds. The lowest BCUT2D eigenvalue weighted by molar-refractivity contribution is 0.0988. The molecule has 0 bridgehead atoms. The summed E-state index contributed by atoms with van der Waals surface area (Å²) >= 11 is 5.85. The van der Waals surface area contributed by atoms with Crippen LogP contribution in [-0.4, -0.2) is 10.8 Å². The summed E-state index contributed by atoms with van der Waals surface area (Å²) in [6.07, 6.45) is 0.335. The van der Waals surface area contributed by atoms with E-state index in [1.165, 1.54) is 0 Å². The number of ketones is 1. The second-order valence-corrected chi connectivity index (χ2v) is 5.50. The molecular weight excluding hydrogens is 282 g/mol. The van der Waals surface area contributed by atoms with Gasteiger partial charge in [0.25, 0.3) is 0 Å². The first-order chi connectivity index (χ1) is 10.1. The van der Waals surface area contributed by atoms with Gasteiger partial charge in [-0.3, -0.25) is 4.79 Å². The largest absolute Gasteiger partial charge is 0.292 e. The maximum Gasteiger partial charge on any atom is 0.185 e. The fourth-order valence-corrected chi connectivity index (χ4v) is 2.50. The highest BCUT2D eigenvalue weighted by molar-refractivity contribution is 6.30. The number of carbonyl (C=O) groups is 1. The number of pyridine rings is 1. The van der Waals surface area contributed by atoms with Crippen molar-refractivity contribution in [3.63, 3.8) is 0 Å². The van der Waals surface area contributed by atoms with Crippen molar-refractivity contribution in [2.75, 3.05) is 0 Å². The van der Waals surface area contributed by atoms with Gasteiger partial charge in [0, 0.05) is 16.8 Å². The van der Waals surface area contributed by atoms with Crippen LogP contribution in [0.2, 0.25) is 5.02 Å². The predicted octanol–water partition coefficient (Wildman–Crippen LogP) is 4.62. The Balaban J connectivity index is 1.92. The minimum atomic E-state index is 0.0196. The Morgan fingerprint density at radius 2 is 1.81 bits per heavy atom. The van der Waals surface area contributed by atoms with Crippen LogP contribution in [-0.2, 0) is 6.42 Å². The number of hydrogen-bond acceptors (Lipinski definition) is 2. The number of aromatic nitrogens is 1. The minimum absolute atomic E-state index is 0.0196. The lowest BCUT2D eigenvalue weighted by Crippen LogP contribution is -2.06. The molecule has 0 saturated heterocycles. The van der Waals surface area contributed by atoms with Crippen LogP contribution in [0.1, 0.15) is 21.6 Å². The van der Waals surface area contributed by atoms with Crippen LogP contribution in [0.5, 0.6) is 0 Å². The first-order valence-corrected chi connectivity index (χ1v) is 7.15. The van der Waals surface area contributed by atoms with Gasteiger partial charge in [-0.15, -0.1) is 0 Å². The molecule has 0 fully saturated rings. The zero-order valence-electron chi connectivity index (χ0n) is 11.6. The van der Waals surface area contributed by atoms with E-state index in [0.29, 0.717) is 17.1 Å². The summed E-state index contributed by atoms with van der Waals surface area (Å²) in [6.45, 7) is 2.00. The van der Waals surface area contributed by atoms with Gasteiger partial charge in [0.1, 0.15) is 5.69 Å². The quantitative estimate of drug-likeness (QED) is 0.660. The van der Waals surface area contributed by atoms with Crippen LogP contribution in [0.25, 0.3) is 10.9 Å². The molecule has 0 spiro atoms. The van der Waals surface area contributed by atoms with Crippen molar-refractivity contribution in [2.24, 2.45) is 0 Å². The van der Waals surface area contributed by atoms with Gasteiger partial charge in [-0.2, -0.15) is 0 Å². The zero-order chi connectivity index (χ0) is 14.8. The van der Waals surface area contributed by atoms with Crippen molar-refractivity contribution in [3.8, 4) is 0 Å². The molecule has 104 valence electrons. The summed E-state index contributed by atoms with van der Waals surface area (Å²) in [5, 5.41) is 1.76. The van der Waals surface area contributed by atoms with Crippen molar-refractivity contribution >= 4 is 28.3 Å². The number of nitrogens with zero attached hydrogens (tertiary/aromatic N) is 1. The van der Waals surface area contributed by atoms with Crippen LogP contribution < -0.4 is 0 Å². The smallest absolute Gasteiger partial charge is 0.185 e. The molecule has 1 heterocycles. The molecule has 0 unspecified atom stereocenters. The normalized spacial score (nSPS) is 10.8. The molecule has 0 N–H and O–H groups in total. The van der Waals surface area contributed by atoms with E-state index in [-0.39, 0.29) is 5.78 Å². The molecule has 0 atom stereocenters. The van der Waals surface area contributed by atoms with Gasteiger partial charge >= 0.3 is 0 Å². The van der Waals surface area contributed by atoms with E-state index in [1.54, 1.807) is 12.1 Å². The second kappa shape index (κ2) is 5.66. The molecular formula is C18H14ClNO. The SMILES string of the molecule is Cc1cc(C(=O)Cc2ccc(Cl)cc2)nc2ccccc12. The maximum atomic E-state index is 12.4. The summed E-state index contributed by atoms with van der Waals surface area (Å²) in [5.74, 6) is 0.0196. The van der Waals surface area contributed by atoms with Crippen LogP contribution in [0.15, 0.2) is 54.6 Å². The van der Waals surface area contributed by atoms with Gasteiger partial charge in [0.2, 0.25) is 0 Å². The van der Waals surface area contributed by atoms with E-state index in [4.69, 9.17) is 11.6 Å². The van der Waals surface area contributed by atoms with Crippen molar-refractivity contribution in [3.05, 3.63) is 76.4 Å². The third-order valence-corrected chi connectivity index (χ3v) is 3.74. The molecule has 1 aromatic heterocycles. The van der Waals surface area contributed by atoms with Crippen LogP contribution in [0.4, 0.5) is 0 Å². The average molecular weight is 296 g/mol. The Hall–Kier alpha value is -2.19. The number of para-hydroxylation sites is 1. The fourth-order valence-electron chi connectivity index (χ4n) is 2.37. The average Bonchev–Trinajstić information content (AvgIpc) is 2.49. The van der Waals surface area contributed by atoms with Crippen molar-refractivity contribution in [1.29, 1.82) is 0 Å². The number of Topliss-reactive ketones (excluding diaryl/α,β-unsaturated/α-hetero) is 1. The van der Waals surface area contributed by atoms with Gasteiger partial charge in [-0.25, -0.2) is 4.98 Å². The van der Waals surface area contributed by atoms with E-state index in [2.05, 4.69) is 4.98 Å². The summed E-state index contributed by atoms with van der Waals surface area (Å²) in [5.41, 5.74) is 3.38. The van der Waals surface area contributed by atoms with Gasteiger partial charge < -0.3 is 0 Å². The molecule has 3 rings (SSSR count). The van der Waals surface area contributed by atoms with Crippen LogP contribution in [0.3, 0.4) is 0 Å². The van der Waals surface area contributed by atoms with Crippen molar-refractivity contribution in [2.45, 2.75) is 13.3 Å². The van der Waals surface area contributed by atoms with Crippen LogP contribution in [0, 0.1) is 6.92 Å². The van der Waals surface area contributed by atoms with Crippen LogP contribution >= 0.6 is 11.6 Å². The maximum absolute atomic E-state index is 12.4. The highest BCUT2D eigenvalue weighted by Crippen LogP contribution is 2.18. The number of halogens is 1. The van der Waals surface area contributed by atoms with E-state index >= 15 is 0 Å². The van der Waals surface area contributed by atoms with E-state index in [9.17, 15) is 4.79 Å². The summed E-state index contributed by atoms with van der Waals surface area (Å²) in [4.78, 5) is 16.9. The molecule has 2 nitrogen and oxygen atoms in total. The second-order valence-electron chi connectivity index (χ2n) is 5.07. The topological polar surface area (TPSA) is 30.0 Å². The Labute approximate surface area is 128 Å². The molecule has 0 aliphatic rings. The van der Waals surface area contributed by atoms with E-state index < -0.39 is 0 Å². The molecule has 0 radical (unpaired) electrons. The van der Waals surface area contributed by atoms with E-state index in [1.807, 2.05) is 49.4 Å². The molecule has 3 aromatic rings. The Kier molecular flexibility index (Phi) is 3.72. The van der Waals surface area contributed by atoms with Gasteiger partial charge in [0.05, 0.1) is 5.52 Å². The Bertz CT molecular complexity index is 809. The van der Waals surface area contributed by atoms with Gasteiger partial charge in [0.15, 0.2) is 5.78 Å². The monoisotopic (exact) mass is 295 g/mol. The summed E-state index contributed by atoms with van der Waals surface area (Å²) < 4.78 is 0. The number of rotatable bonds is 3. The molecule has 0 saturated carbocycles. The van der Waals surface area contributed by atoms with Crippen molar-refractivity contribution < 1.29 is 4.79 Å². The molecule has 0 aliphatic heterocycles. The third-order valence-electron chi connectivity index (χ3n) is 3.49. The predicted molar refractivity (Wildman–Crippen MR) is 86.0 cm³/mol. The lowest BCUT2D eigenvalue weighted by atomic mass is 10.0. The number of fused-ring (bicyclic) bond motifs is 1. The summed E-state index contributed by atoms with van der Waals surface area (Å²) in [6, 6.07) is 17.1. The number of aryl methyl sites for hydroxylation is 1. The number of benzene rings is 2. The first-order valence-electron chi connectivity index (χ1n) is 6.77. The molecule has 3 heteroatoms. The third kappa shape index (κ3) is 2.96. The zero-order valence-corrected chi connectivity index (χ0v) is 12.4. The van der Waals surface area contributed by atoms with Crippen molar-refractivity contribution in [1.82, 2.24) is 4.98 Å². The Morgan fingerprint density at radius 1 is 1.10 bits per heavy atom. The highest BCUT2D eigenvalue weighted by atomic mass is 35.5. The standard InChI is InChI=1S/C18H14ClNO/c1-12-10-17(20-16-5-3-2-4-15(12)16)18(21)11-13-6-8-14(19)9-7-13/h2-10H,11H2,1H3. The molecule has 21 heavy (non-hydrogen) atoms. The lowest BCUT2D eigenvalue weighted by Gasteiger charge is -2.06. The molecule has 2 aromatic carbocycles. The van der Waals surface area contributed by atoms with Gasteiger partial charge in [-0.05, 0) is 42.3 Å². The van der Waals surface area contributed by atoms with E-state index in [0.717, 1.165) is 22.0 Å². The fraction of sp³-hybridized carbons (Fsp3) is 0.111. The number of hydrogen-bond donors (Lipinski definition) is 0. The first kappa shape index (κ1) is 13.8. The molecule has 0 aliphatic carbocycles.